The van der Waals surface area contributed by atoms with Crippen LogP contribution in [-0.4, -0.2) is 40.1 Å². The minimum atomic E-state index is -0.00906. The molecule has 1 aliphatic rings. The molecule has 114 valence electrons. The molecule has 21 heavy (non-hydrogen) atoms. The van der Waals surface area contributed by atoms with E-state index in [0.29, 0.717) is 6.04 Å². The van der Waals surface area contributed by atoms with Crippen molar-refractivity contribution in [1.29, 1.82) is 0 Å². The third-order valence-corrected chi connectivity index (χ3v) is 4.53. The van der Waals surface area contributed by atoms with Gasteiger partial charge in [-0.05, 0) is 37.9 Å². The van der Waals surface area contributed by atoms with Gasteiger partial charge in [-0.2, -0.15) is 0 Å². The fraction of sp³-hybridized carbons (Fsp3) is 0.562. The van der Waals surface area contributed by atoms with E-state index in [9.17, 15) is 4.79 Å². The highest BCUT2D eigenvalue weighted by Gasteiger charge is 2.20. The number of rotatable bonds is 5. The van der Waals surface area contributed by atoms with Crippen molar-refractivity contribution >= 4 is 11.0 Å². The van der Waals surface area contributed by atoms with E-state index in [-0.39, 0.29) is 5.69 Å². The zero-order valence-corrected chi connectivity index (χ0v) is 12.4. The Morgan fingerprint density at radius 3 is 2.95 bits per heavy atom. The van der Waals surface area contributed by atoms with Crippen LogP contribution in [0.25, 0.3) is 11.0 Å². The summed E-state index contributed by atoms with van der Waals surface area (Å²) in [7, 11) is 0. The van der Waals surface area contributed by atoms with Gasteiger partial charge in [-0.15, -0.1) is 0 Å². The Kier molecular flexibility index (Phi) is 4.41. The second-order valence-corrected chi connectivity index (χ2v) is 5.87. The average molecular weight is 288 g/mol. The number of fused-ring (bicyclic) bond motifs is 1. The van der Waals surface area contributed by atoms with Crippen LogP contribution in [0, 0.1) is 0 Å². The number of nitrogens with one attached hydrogen (secondary N) is 1. The maximum Gasteiger partial charge on any atom is 0.326 e. The van der Waals surface area contributed by atoms with Gasteiger partial charge in [0.15, 0.2) is 0 Å². The summed E-state index contributed by atoms with van der Waals surface area (Å²) in [5, 5.41) is 0. The highest BCUT2D eigenvalue weighted by Crippen LogP contribution is 2.16. The van der Waals surface area contributed by atoms with Gasteiger partial charge in [-0.1, -0.05) is 18.6 Å². The Bertz CT molecular complexity index is 645. The van der Waals surface area contributed by atoms with Crippen molar-refractivity contribution in [3.05, 3.63) is 34.7 Å². The topological polar surface area (TPSA) is 67.0 Å². The third-order valence-electron chi connectivity index (χ3n) is 4.53. The van der Waals surface area contributed by atoms with E-state index in [1.807, 2.05) is 28.8 Å². The molecule has 0 spiro atoms. The van der Waals surface area contributed by atoms with Gasteiger partial charge in [-0.25, -0.2) is 4.79 Å². The number of benzene rings is 1. The van der Waals surface area contributed by atoms with Crippen molar-refractivity contribution in [3.63, 3.8) is 0 Å². The Morgan fingerprint density at radius 2 is 2.10 bits per heavy atom. The molecular formula is C16H24N4O. The standard InChI is InChI=1S/C16H24N4O/c17-12-13-6-3-4-9-19(13)10-5-11-20-15-8-2-1-7-14(15)18-16(20)21/h1-2,7-8,13H,3-6,9-12,17H2,(H,18,21). The first-order valence-electron chi connectivity index (χ1n) is 7.91. The molecule has 1 aromatic heterocycles. The monoisotopic (exact) mass is 288 g/mol. The number of likely N-dealkylation sites (tertiary alicyclic amines) is 1. The summed E-state index contributed by atoms with van der Waals surface area (Å²) < 4.78 is 1.84. The van der Waals surface area contributed by atoms with Crippen LogP contribution < -0.4 is 11.4 Å². The van der Waals surface area contributed by atoms with Gasteiger partial charge in [0.1, 0.15) is 0 Å². The lowest BCUT2D eigenvalue weighted by Crippen LogP contribution is -2.44. The number of para-hydroxylation sites is 2. The van der Waals surface area contributed by atoms with Crippen LogP contribution in [-0.2, 0) is 6.54 Å². The van der Waals surface area contributed by atoms with Gasteiger partial charge in [0, 0.05) is 25.7 Å². The molecule has 1 saturated heterocycles. The molecule has 3 rings (SSSR count). The number of hydrogen-bond acceptors (Lipinski definition) is 3. The number of hydrogen-bond donors (Lipinski definition) is 2. The maximum absolute atomic E-state index is 12.0. The third kappa shape index (κ3) is 3.04. The molecule has 1 aromatic carbocycles. The fourth-order valence-electron chi connectivity index (χ4n) is 3.38. The van der Waals surface area contributed by atoms with Crippen LogP contribution in [0.4, 0.5) is 0 Å². The van der Waals surface area contributed by atoms with Gasteiger partial charge in [-0.3, -0.25) is 9.47 Å². The van der Waals surface area contributed by atoms with Crippen LogP contribution in [0.3, 0.4) is 0 Å². The van der Waals surface area contributed by atoms with Crippen LogP contribution in [0.5, 0.6) is 0 Å². The zero-order chi connectivity index (χ0) is 14.7. The maximum atomic E-state index is 12.0. The van der Waals surface area contributed by atoms with Gasteiger partial charge in [0.25, 0.3) is 0 Å². The number of aromatic amines is 1. The number of aromatic nitrogens is 2. The summed E-state index contributed by atoms with van der Waals surface area (Å²) in [6, 6.07) is 8.39. The van der Waals surface area contributed by atoms with Crippen molar-refractivity contribution < 1.29 is 0 Å². The summed E-state index contributed by atoms with van der Waals surface area (Å²) in [6.07, 6.45) is 4.76. The number of nitrogens with zero attached hydrogens (tertiary/aromatic N) is 2. The van der Waals surface area contributed by atoms with E-state index in [2.05, 4.69) is 9.88 Å². The van der Waals surface area contributed by atoms with Crippen molar-refractivity contribution in [3.8, 4) is 0 Å². The molecule has 0 bridgehead atoms. The average Bonchev–Trinajstić information content (AvgIpc) is 2.84. The highest BCUT2D eigenvalue weighted by atomic mass is 16.1. The van der Waals surface area contributed by atoms with Crippen molar-refractivity contribution in [2.45, 2.75) is 38.3 Å². The molecule has 1 atom stereocenters. The van der Waals surface area contributed by atoms with E-state index in [4.69, 9.17) is 5.73 Å². The Balaban J connectivity index is 1.64. The van der Waals surface area contributed by atoms with Crippen LogP contribution in [0.15, 0.2) is 29.1 Å². The molecule has 5 nitrogen and oxygen atoms in total. The number of H-pyrrole nitrogens is 1. The zero-order valence-electron chi connectivity index (χ0n) is 12.4. The normalized spacial score (nSPS) is 20.1. The predicted molar refractivity (Wildman–Crippen MR) is 85.4 cm³/mol. The van der Waals surface area contributed by atoms with Gasteiger partial charge in [0.2, 0.25) is 0 Å². The number of piperidine rings is 1. The molecular weight excluding hydrogens is 264 g/mol. The molecule has 0 aliphatic carbocycles. The number of nitrogens with two attached hydrogens (primary N) is 1. The molecule has 3 N–H and O–H groups in total. The number of imidazole rings is 1. The molecule has 1 fully saturated rings. The van der Waals surface area contributed by atoms with Gasteiger partial charge in [0.05, 0.1) is 11.0 Å². The minimum absolute atomic E-state index is 0.00906. The molecule has 2 aromatic rings. The van der Waals surface area contributed by atoms with Gasteiger partial charge >= 0.3 is 5.69 Å². The summed E-state index contributed by atoms with van der Waals surface area (Å²) >= 11 is 0. The van der Waals surface area contributed by atoms with Crippen LogP contribution in [0.2, 0.25) is 0 Å². The predicted octanol–water partition coefficient (Wildman–Crippen LogP) is 1.53. The second kappa shape index (κ2) is 6.45. The quantitative estimate of drug-likeness (QED) is 0.877. The Labute approximate surface area is 124 Å². The summed E-state index contributed by atoms with van der Waals surface area (Å²) in [4.78, 5) is 17.4. The molecule has 0 amide bonds. The van der Waals surface area contributed by atoms with E-state index >= 15 is 0 Å². The summed E-state index contributed by atoms with van der Waals surface area (Å²) in [5.41, 5.74) is 7.76. The van der Waals surface area contributed by atoms with E-state index < -0.39 is 0 Å². The van der Waals surface area contributed by atoms with E-state index in [1.165, 1.54) is 19.3 Å². The molecule has 2 heterocycles. The fourth-order valence-corrected chi connectivity index (χ4v) is 3.38. The SMILES string of the molecule is NCC1CCCCN1CCCn1c(=O)[nH]c2ccccc21. The summed E-state index contributed by atoms with van der Waals surface area (Å²) in [6.45, 7) is 3.67. The van der Waals surface area contributed by atoms with E-state index in [1.54, 1.807) is 0 Å². The van der Waals surface area contributed by atoms with Crippen molar-refractivity contribution in [2.75, 3.05) is 19.6 Å². The van der Waals surface area contributed by atoms with Crippen LogP contribution >= 0.6 is 0 Å². The van der Waals surface area contributed by atoms with E-state index in [0.717, 1.165) is 43.6 Å². The lowest BCUT2D eigenvalue weighted by atomic mass is 10.0. The molecule has 5 heteroatoms. The molecule has 1 aliphatic heterocycles. The lowest BCUT2D eigenvalue weighted by molar-refractivity contribution is 0.149. The Morgan fingerprint density at radius 1 is 1.24 bits per heavy atom. The minimum Gasteiger partial charge on any atom is -0.329 e. The van der Waals surface area contributed by atoms with Gasteiger partial charge < -0.3 is 10.7 Å². The second-order valence-electron chi connectivity index (χ2n) is 5.87. The first-order chi connectivity index (χ1) is 10.3. The van der Waals surface area contributed by atoms with Crippen molar-refractivity contribution in [1.82, 2.24) is 14.5 Å². The highest BCUT2D eigenvalue weighted by molar-refractivity contribution is 5.74. The summed E-state index contributed by atoms with van der Waals surface area (Å²) in [5.74, 6) is 0. The number of aryl methyl sites for hydroxylation is 1. The molecule has 0 saturated carbocycles. The first kappa shape index (κ1) is 14.4. The largest absolute Gasteiger partial charge is 0.329 e. The van der Waals surface area contributed by atoms with Crippen molar-refractivity contribution in [2.24, 2.45) is 5.73 Å². The molecule has 0 radical (unpaired) electrons. The lowest BCUT2D eigenvalue weighted by Gasteiger charge is -2.34. The Hall–Kier alpha value is -1.59. The van der Waals surface area contributed by atoms with Crippen LogP contribution in [0.1, 0.15) is 25.7 Å². The smallest absolute Gasteiger partial charge is 0.326 e. The molecule has 1 unspecified atom stereocenters. The first-order valence-corrected chi connectivity index (χ1v) is 7.91.